The Morgan fingerprint density at radius 1 is 1.32 bits per heavy atom. The first-order valence-electron chi connectivity index (χ1n) is 5.92. The van der Waals surface area contributed by atoms with E-state index in [1.807, 2.05) is 0 Å². The summed E-state index contributed by atoms with van der Waals surface area (Å²) in [5.41, 5.74) is 6.70. The van der Waals surface area contributed by atoms with Crippen LogP contribution in [-0.4, -0.2) is 53.3 Å². The lowest BCUT2D eigenvalue weighted by Gasteiger charge is -2.32. The summed E-state index contributed by atoms with van der Waals surface area (Å²) in [5.74, 6) is -0.218. The summed E-state index contributed by atoms with van der Waals surface area (Å²) in [7, 11) is 1.73. The zero-order chi connectivity index (χ0) is 14.0. The van der Waals surface area contributed by atoms with E-state index < -0.39 is 0 Å². The number of hydrogen-bond acceptors (Lipinski definition) is 3. The van der Waals surface area contributed by atoms with Crippen LogP contribution in [0.1, 0.15) is 15.9 Å². The van der Waals surface area contributed by atoms with Gasteiger partial charge in [-0.2, -0.15) is 0 Å². The summed E-state index contributed by atoms with van der Waals surface area (Å²) in [5, 5.41) is 0. The largest absolute Gasteiger partial charge is 0.389 e. The number of nitrogens with two attached hydrogens (primary N) is 1. The number of piperazine rings is 1. The van der Waals surface area contributed by atoms with Gasteiger partial charge < -0.3 is 15.5 Å². The third-order valence-corrected chi connectivity index (χ3v) is 3.37. The lowest BCUT2D eigenvalue weighted by Crippen LogP contribution is -2.50. The number of nitrogens with zero attached hydrogens (tertiary/aromatic N) is 2. The molecule has 0 atom stereocenters. The van der Waals surface area contributed by atoms with Crippen molar-refractivity contribution in [1.82, 2.24) is 9.80 Å². The molecule has 19 heavy (non-hydrogen) atoms. The third kappa shape index (κ3) is 2.90. The van der Waals surface area contributed by atoms with E-state index in [9.17, 15) is 9.59 Å². The second kappa shape index (κ2) is 5.36. The van der Waals surface area contributed by atoms with Gasteiger partial charge in [-0.1, -0.05) is 24.4 Å². The highest BCUT2D eigenvalue weighted by molar-refractivity contribution is 7.80. The fourth-order valence-corrected chi connectivity index (χ4v) is 2.05. The highest BCUT2D eigenvalue weighted by Crippen LogP contribution is 2.11. The molecule has 1 saturated heterocycles. The fraction of sp³-hybridized carbons (Fsp3) is 0.308. The molecule has 2 amide bonds. The molecule has 1 aliphatic heterocycles. The minimum Gasteiger partial charge on any atom is -0.389 e. The Hall–Kier alpha value is -1.95. The molecule has 0 saturated carbocycles. The molecule has 0 bridgehead atoms. The van der Waals surface area contributed by atoms with Crippen LogP contribution in [0.25, 0.3) is 0 Å². The normalized spacial score (nSPS) is 15.5. The average Bonchev–Trinajstić information content (AvgIpc) is 2.41. The van der Waals surface area contributed by atoms with E-state index in [4.69, 9.17) is 18.0 Å². The van der Waals surface area contributed by atoms with Gasteiger partial charge in [0.15, 0.2) is 0 Å². The van der Waals surface area contributed by atoms with Gasteiger partial charge in [-0.3, -0.25) is 9.59 Å². The molecule has 6 heteroatoms. The van der Waals surface area contributed by atoms with Gasteiger partial charge in [0.25, 0.3) is 5.91 Å². The van der Waals surface area contributed by atoms with Crippen LogP contribution in [0.2, 0.25) is 0 Å². The SMILES string of the molecule is CN1CCN(C(=O)c2cccc(C(N)=S)c2)CC1=O. The van der Waals surface area contributed by atoms with Crippen LogP contribution in [-0.2, 0) is 4.79 Å². The summed E-state index contributed by atoms with van der Waals surface area (Å²) in [4.78, 5) is 27.3. The number of carbonyl (C=O) groups excluding carboxylic acids is 2. The van der Waals surface area contributed by atoms with Crippen LogP contribution in [0.4, 0.5) is 0 Å². The van der Waals surface area contributed by atoms with Crippen LogP contribution >= 0.6 is 12.2 Å². The van der Waals surface area contributed by atoms with Crippen molar-refractivity contribution in [3.63, 3.8) is 0 Å². The maximum absolute atomic E-state index is 12.3. The first kappa shape index (κ1) is 13.5. The molecule has 1 aromatic carbocycles. The topological polar surface area (TPSA) is 66.6 Å². The van der Waals surface area contributed by atoms with Crippen LogP contribution in [0, 0.1) is 0 Å². The van der Waals surface area contributed by atoms with E-state index in [1.54, 1.807) is 41.1 Å². The second-order valence-corrected chi connectivity index (χ2v) is 4.93. The van der Waals surface area contributed by atoms with E-state index >= 15 is 0 Å². The molecule has 5 nitrogen and oxygen atoms in total. The number of hydrogen-bond donors (Lipinski definition) is 1. The standard InChI is InChI=1S/C13H15N3O2S/c1-15-5-6-16(8-11(15)17)13(18)10-4-2-3-9(7-10)12(14)19/h2-4,7H,5-6,8H2,1H3,(H2,14,19). The smallest absolute Gasteiger partial charge is 0.254 e. The monoisotopic (exact) mass is 277 g/mol. The molecule has 1 aromatic rings. The number of amides is 2. The van der Waals surface area contributed by atoms with Crippen molar-refractivity contribution in [2.24, 2.45) is 5.73 Å². The van der Waals surface area contributed by atoms with Crippen LogP contribution in [0.15, 0.2) is 24.3 Å². The van der Waals surface area contributed by atoms with Gasteiger partial charge in [0, 0.05) is 31.3 Å². The average molecular weight is 277 g/mol. The molecule has 0 spiro atoms. The molecule has 0 unspecified atom stereocenters. The molecule has 1 aliphatic rings. The maximum Gasteiger partial charge on any atom is 0.254 e. The Morgan fingerprint density at radius 3 is 2.63 bits per heavy atom. The highest BCUT2D eigenvalue weighted by Gasteiger charge is 2.25. The van der Waals surface area contributed by atoms with Crippen LogP contribution in [0.5, 0.6) is 0 Å². The predicted molar refractivity (Wildman–Crippen MR) is 75.9 cm³/mol. The number of rotatable bonds is 2. The molecular weight excluding hydrogens is 262 g/mol. The second-order valence-electron chi connectivity index (χ2n) is 4.49. The van der Waals surface area contributed by atoms with E-state index in [0.717, 1.165) is 0 Å². The van der Waals surface area contributed by atoms with Crippen molar-refractivity contribution in [1.29, 1.82) is 0 Å². The zero-order valence-corrected chi connectivity index (χ0v) is 11.4. The lowest BCUT2D eigenvalue weighted by molar-refractivity contribution is -0.133. The summed E-state index contributed by atoms with van der Waals surface area (Å²) in [6.45, 7) is 1.21. The minimum atomic E-state index is -0.167. The zero-order valence-electron chi connectivity index (χ0n) is 10.6. The minimum absolute atomic E-state index is 0.0508. The Bertz CT molecular complexity index is 544. The van der Waals surface area contributed by atoms with E-state index in [0.29, 0.717) is 24.2 Å². The number of carbonyl (C=O) groups is 2. The Morgan fingerprint density at radius 2 is 2.00 bits per heavy atom. The number of likely N-dealkylation sites (N-methyl/N-ethyl adjacent to an activating group) is 1. The Kier molecular flexibility index (Phi) is 3.80. The first-order chi connectivity index (χ1) is 8.99. The molecule has 0 radical (unpaired) electrons. The van der Waals surface area contributed by atoms with E-state index in [2.05, 4.69) is 0 Å². The van der Waals surface area contributed by atoms with Crippen molar-refractivity contribution in [2.45, 2.75) is 0 Å². The third-order valence-electron chi connectivity index (χ3n) is 3.14. The number of thiocarbonyl (C=S) groups is 1. The fourth-order valence-electron chi connectivity index (χ4n) is 1.92. The molecule has 2 N–H and O–H groups in total. The van der Waals surface area contributed by atoms with Gasteiger partial charge in [0.05, 0.1) is 0 Å². The molecule has 0 aromatic heterocycles. The quantitative estimate of drug-likeness (QED) is 0.786. The predicted octanol–water partition coefficient (Wildman–Crippen LogP) is 0.235. The highest BCUT2D eigenvalue weighted by atomic mass is 32.1. The molecule has 2 rings (SSSR count). The molecular formula is C13H15N3O2S. The van der Waals surface area contributed by atoms with Crippen molar-refractivity contribution in [2.75, 3.05) is 26.7 Å². The molecule has 100 valence electrons. The van der Waals surface area contributed by atoms with Crippen molar-refractivity contribution in [3.05, 3.63) is 35.4 Å². The van der Waals surface area contributed by atoms with Gasteiger partial charge in [-0.05, 0) is 12.1 Å². The van der Waals surface area contributed by atoms with E-state index in [1.165, 1.54) is 0 Å². The van der Waals surface area contributed by atoms with Gasteiger partial charge in [-0.25, -0.2) is 0 Å². The van der Waals surface area contributed by atoms with Gasteiger partial charge in [0.2, 0.25) is 5.91 Å². The van der Waals surface area contributed by atoms with Crippen molar-refractivity contribution >= 4 is 29.0 Å². The summed E-state index contributed by atoms with van der Waals surface area (Å²) in [6.07, 6.45) is 0. The maximum atomic E-state index is 12.3. The number of benzene rings is 1. The molecule has 1 fully saturated rings. The van der Waals surface area contributed by atoms with Gasteiger partial charge >= 0.3 is 0 Å². The summed E-state index contributed by atoms with van der Waals surface area (Å²) in [6, 6.07) is 6.86. The van der Waals surface area contributed by atoms with Gasteiger partial charge in [-0.15, -0.1) is 0 Å². The molecule has 1 heterocycles. The first-order valence-corrected chi connectivity index (χ1v) is 6.33. The lowest BCUT2D eigenvalue weighted by atomic mass is 10.1. The summed E-state index contributed by atoms with van der Waals surface area (Å²) >= 11 is 4.89. The van der Waals surface area contributed by atoms with Gasteiger partial charge in [0.1, 0.15) is 11.5 Å². The Balaban J connectivity index is 2.18. The van der Waals surface area contributed by atoms with Crippen molar-refractivity contribution < 1.29 is 9.59 Å². The van der Waals surface area contributed by atoms with Crippen LogP contribution in [0.3, 0.4) is 0 Å². The summed E-state index contributed by atoms with van der Waals surface area (Å²) < 4.78 is 0. The molecule has 0 aliphatic carbocycles. The van der Waals surface area contributed by atoms with Crippen LogP contribution < -0.4 is 5.73 Å². The van der Waals surface area contributed by atoms with Crippen molar-refractivity contribution in [3.8, 4) is 0 Å². The Labute approximate surface area is 117 Å². The van der Waals surface area contributed by atoms with E-state index in [-0.39, 0.29) is 23.3 Å².